The lowest BCUT2D eigenvalue weighted by molar-refractivity contribution is 0.106. The fourth-order valence-electron chi connectivity index (χ4n) is 2.96. The summed E-state index contributed by atoms with van der Waals surface area (Å²) in [5, 5.41) is 0. The highest BCUT2D eigenvalue weighted by Crippen LogP contribution is 2.29. The molecule has 0 saturated carbocycles. The van der Waals surface area contributed by atoms with Crippen LogP contribution in [0, 0.1) is 0 Å². The van der Waals surface area contributed by atoms with Crippen LogP contribution in [-0.4, -0.2) is 31.1 Å². The van der Waals surface area contributed by atoms with Gasteiger partial charge in [-0.05, 0) is 61.4 Å². The average Bonchev–Trinajstić information content (AvgIpc) is 3.13. The van der Waals surface area contributed by atoms with Gasteiger partial charge in [-0.1, -0.05) is 19.4 Å². The van der Waals surface area contributed by atoms with E-state index in [2.05, 4.69) is 11.9 Å². The lowest BCUT2D eigenvalue weighted by atomic mass is 10.1. The predicted molar refractivity (Wildman–Crippen MR) is 128 cm³/mol. The summed E-state index contributed by atoms with van der Waals surface area (Å²) >= 11 is 1.23. The number of carbonyl (C=O) groups excluding carboxylic acids is 1. The molecule has 7 heteroatoms. The van der Waals surface area contributed by atoms with Gasteiger partial charge in [-0.3, -0.25) is 9.59 Å². The van der Waals surface area contributed by atoms with Crippen LogP contribution in [0.15, 0.2) is 47.3 Å². The van der Waals surface area contributed by atoms with Gasteiger partial charge < -0.3 is 19.2 Å². The molecule has 0 spiro atoms. The number of thiazole rings is 1. The Kier molecular flexibility index (Phi) is 8.27. The van der Waals surface area contributed by atoms with Crippen molar-refractivity contribution in [3.63, 3.8) is 0 Å². The molecule has 0 unspecified atom stereocenters. The summed E-state index contributed by atoms with van der Waals surface area (Å²) in [5.74, 6) is 1.82. The van der Waals surface area contributed by atoms with E-state index in [1.165, 1.54) is 17.4 Å². The number of H-pyrrole nitrogens is 1. The van der Waals surface area contributed by atoms with E-state index in [4.69, 9.17) is 14.2 Å². The van der Waals surface area contributed by atoms with Crippen LogP contribution in [0.2, 0.25) is 0 Å². The number of ether oxygens (including phenoxy) is 3. The summed E-state index contributed by atoms with van der Waals surface area (Å²) in [6.45, 7) is 5.17. The summed E-state index contributed by atoms with van der Waals surface area (Å²) in [6, 6.07) is 12.4. The molecule has 0 fully saturated rings. The topological polar surface area (TPSA) is 77.6 Å². The summed E-state index contributed by atoms with van der Waals surface area (Å²) < 4.78 is 17.6. The lowest BCUT2D eigenvalue weighted by Gasteiger charge is -2.12. The molecule has 0 aliphatic rings. The number of nitrogens with one attached hydrogen (secondary N) is 1. The lowest BCUT2D eigenvalue weighted by Crippen LogP contribution is -2.20. The number of aromatic nitrogens is 1. The number of ketones is 1. The first kappa shape index (κ1) is 23.3. The molecule has 3 aromatic rings. The third-order valence-corrected chi connectivity index (χ3v) is 5.60. The number of unbranched alkanes of at least 4 members (excludes halogenated alkanes) is 1. The standard InChI is InChI=1S/C25H27NO5S/c1-4-6-13-31-21-12-7-17(14-22(21)30-5-2)15-23-25(28)26-24(32-23)16-20(27)18-8-10-19(29-3)11-9-18/h7-12,14-16H,4-6,13H2,1-3H3,(H,26,28)/b23-15-,24-16-. The fraction of sp³-hybridized carbons (Fsp3) is 0.280. The molecule has 0 amide bonds. The second-order valence-electron chi connectivity index (χ2n) is 7.01. The molecule has 0 aliphatic carbocycles. The van der Waals surface area contributed by atoms with Crippen molar-refractivity contribution in [1.82, 2.24) is 4.98 Å². The SMILES string of the molecule is CCCCOc1ccc(/C=c2\s/c(=C\C(=O)c3ccc(OC)cc3)[nH]c2=O)cc1OCC. The molecule has 0 radical (unpaired) electrons. The van der Waals surface area contributed by atoms with Crippen LogP contribution in [-0.2, 0) is 0 Å². The first-order valence-electron chi connectivity index (χ1n) is 10.5. The molecule has 2 aromatic carbocycles. The van der Waals surface area contributed by atoms with Gasteiger partial charge in [-0.15, -0.1) is 11.3 Å². The number of hydrogen-bond acceptors (Lipinski definition) is 6. The Bertz CT molecular complexity index is 1220. The van der Waals surface area contributed by atoms with Crippen molar-refractivity contribution in [2.24, 2.45) is 0 Å². The van der Waals surface area contributed by atoms with Gasteiger partial charge in [0.1, 0.15) is 5.75 Å². The van der Waals surface area contributed by atoms with E-state index >= 15 is 0 Å². The Labute approximate surface area is 190 Å². The third kappa shape index (κ3) is 6.11. The average molecular weight is 454 g/mol. The number of hydrogen-bond donors (Lipinski definition) is 1. The zero-order chi connectivity index (χ0) is 22.9. The predicted octanol–water partition coefficient (Wildman–Crippen LogP) is 3.51. The van der Waals surface area contributed by atoms with E-state index in [1.807, 2.05) is 25.1 Å². The van der Waals surface area contributed by atoms with Crippen LogP contribution in [0.5, 0.6) is 17.2 Å². The van der Waals surface area contributed by atoms with Crippen LogP contribution < -0.4 is 29.0 Å². The highest BCUT2D eigenvalue weighted by molar-refractivity contribution is 7.07. The Hall–Kier alpha value is -3.32. The van der Waals surface area contributed by atoms with E-state index in [0.717, 1.165) is 18.4 Å². The maximum atomic E-state index is 12.5. The van der Waals surface area contributed by atoms with Crippen molar-refractivity contribution in [3.05, 3.63) is 73.1 Å². The minimum Gasteiger partial charge on any atom is -0.497 e. The van der Waals surface area contributed by atoms with Crippen LogP contribution in [0.3, 0.4) is 0 Å². The summed E-state index contributed by atoms with van der Waals surface area (Å²) in [5.41, 5.74) is 1.09. The largest absolute Gasteiger partial charge is 0.497 e. The van der Waals surface area contributed by atoms with Gasteiger partial charge >= 0.3 is 0 Å². The van der Waals surface area contributed by atoms with Gasteiger partial charge in [0, 0.05) is 11.6 Å². The van der Waals surface area contributed by atoms with Crippen LogP contribution in [0.25, 0.3) is 12.2 Å². The molecule has 0 bridgehead atoms. The second-order valence-corrected chi connectivity index (χ2v) is 8.09. The van der Waals surface area contributed by atoms with Gasteiger partial charge in [-0.2, -0.15) is 0 Å². The van der Waals surface area contributed by atoms with Crippen molar-refractivity contribution in [1.29, 1.82) is 0 Å². The van der Waals surface area contributed by atoms with Gasteiger partial charge in [0.05, 0.1) is 29.5 Å². The molecule has 1 aromatic heterocycles. The Morgan fingerprint density at radius 1 is 1.06 bits per heavy atom. The molecule has 1 N–H and O–H groups in total. The molecule has 0 atom stereocenters. The van der Waals surface area contributed by atoms with Gasteiger partial charge in [0.25, 0.3) is 5.56 Å². The zero-order valence-corrected chi connectivity index (χ0v) is 19.3. The number of methoxy groups -OCH3 is 1. The Balaban J connectivity index is 1.87. The monoisotopic (exact) mass is 453 g/mol. The Morgan fingerprint density at radius 3 is 2.53 bits per heavy atom. The first-order chi connectivity index (χ1) is 15.5. The molecule has 168 valence electrons. The molecular weight excluding hydrogens is 426 g/mol. The van der Waals surface area contributed by atoms with E-state index in [-0.39, 0.29) is 11.3 Å². The van der Waals surface area contributed by atoms with Gasteiger partial charge in [0.2, 0.25) is 0 Å². The minimum atomic E-state index is -0.245. The summed E-state index contributed by atoms with van der Waals surface area (Å²) in [6.07, 6.45) is 5.23. The molecule has 0 saturated heterocycles. The van der Waals surface area contributed by atoms with E-state index in [9.17, 15) is 9.59 Å². The maximum Gasteiger partial charge on any atom is 0.266 e. The first-order valence-corrected chi connectivity index (χ1v) is 11.4. The van der Waals surface area contributed by atoms with Crippen molar-refractivity contribution in [3.8, 4) is 17.2 Å². The molecule has 32 heavy (non-hydrogen) atoms. The van der Waals surface area contributed by atoms with E-state index in [0.29, 0.717) is 45.2 Å². The second kappa shape index (κ2) is 11.3. The van der Waals surface area contributed by atoms with E-state index < -0.39 is 0 Å². The Morgan fingerprint density at radius 2 is 1.84 bits per heavy atom. The van der Waals surface area contributed by atoms with Crippen LogP contribution in [0.4, 0.5) is 0 Å². The molecular formula is C25H27NO5S. The normalized spacial score (nSPS) is 12.1. The highest BCUT2D eigenvalue weighted by Gasteiger charge is 2.07. The number of benzene rings is 2. The summed E-state index contributed by atoms with van der Waals surface area (Å²) in [7, 11) is 1.57. The number of Topliss-reactive ketones (excluding diaryl/α,β-unsaturated/α-hetero) is 1. The van der Waals surface area contributed by atoms with Crippen molar-refractivity contribution in [2.45, 2.75) is 26.7 Å². The molecule has 1 heterocycles. The number of aromatic amines is 1. The van der Waals surface area contributed by atoms with Crippen molar-refractivity contribution >= 4 is 29.3 Å². The molecule has 3 rings (SSSR count). The fourth-order valence-corrected chi connectivity index (χ4v) is 3.85. The van der Waals surface area contributed by atoms with Crippen molar-refractivity contribution in [2.75, 3.05) is 20.3 Å². The van der Waals surface area contributed by atoms with E-state index in [1.54, 1.807) is 37.5 Å². The van der Waals surface area contributed by atoms with Crippen LogP contribution in [0.1, 0.15) is 42.6 Å². The zero-order valence-electron chi connectivity index (χ0n) is 18.5. The van der Waals surface area contributed by atoms with Gasteiger partial charge in [0.15, 0.2) is 17.3 Å². The van der Waals surface area contributed by atoms with Crippen molar-refractivity contribution < 1.29 is 19.0 Å². The molecule has 6 nitrogen and oxygen atoms in total. The quantitative estimate of drug-likeness (QED) is 0.375. The van der Waals surface area contributed by atoms with Crippen LogP contribution >= 0.6 is 11.3 Å². The minimum absolute atomic E-state index is 0.191. The highest BCUT2D eigenvalue weighted by atomic mass is 32.1. The maximum absolute atomic E-state index is 12.5. The third-order valence-electron chi connectivity index (χ3n) is 4.64. The molecule has 0 aliphatic heterocycles. The summed E-state index contributed by atoms with van der Waals surface area (Å²) in [4.78, 5) is 27.7. The van der Waals surface area contributed by atoms with Gasteiger partial charge in [-0.25, -0.2) is 0 Å². The number of carbonyl (C=O) groups is 1. The number of rotatable bonds is 10. The smallest absolute Gasteiger partial charge is 0.266 e.